The molecule has 0 fully saturated rings. The molecule has 0 aliphatic carbocycles. The van der Waals surface area contributed by atoms with Crippen molar-refractivity contribution in [2.75, 3.05) is 11.6 Å². The lowest BCUT2D eigenvalue weighted by Gasteiger charge is -2.05. The third-order valence-electron chi connectivity index (χ3n) is 3.19. The fraction of sp³-hybridized carbons (Fsp3) is 0.0556. The average Bonchev–Trinajstić information content (AvgIpc) is 3.04. The lowest BCUT2D eigenvalue weighted by molar-refractivity contribution is 0.0992. The van der Waals surface area contributed by atoms with Gasteiger partial charge in [0.2, 0.25) is 0 Å². The highest BCUT2D eigenvalue weighted by atomic mass is 32.2. The number of carbonyl (C=O) groups excluding carboxylic acids is 1. The molecule has 6 heteroatoms. The van der Waals surface area contributed by atoms with Gasteiger partial charge in [-0.25, -0.2) is 0 Å². The van der Waals surface area contributed by atoms with Gasteiger partial charge in [0.25, 0.3) is 11.9 Å². The second kappa shape index (κ2) is 7.14. The lowest BCUT2D eigenvalue weighted by Crippen LogP contribution is -2.11. The van der Waals surface area contributed by atoms with Crippen LogP contribution in [0.4, 0.5) is 5.69 Å². The van der Waals surface area contributed by atoms with Crippen LogP contribution in [0.3, 0.4) is 0 Å². The summed E-state index contributed by atoms with van der Waals surface area (Å²) in [4.78, 5) is 12.9. The number of furan rings is 1. The van der Waals surface area contributed by atoms with Crippen LogP contribution < -0.4 is 10.1 Å². The molecule has 1 atom stereocenters. The molecule has 24 heavy (non-hydrogen) atoms. The second-order valence-electron chi connectivity index (χ2n) is 4.97. The Kier molecular flexibility index (Phi) is 4.77. The number of benzene rings is 2. The van der Waals surface area contributed by atoms with Gasteiger partial charge in [0, 0.05) is 33.7 Å². The van der Waals surface area contributed by atoms with E-state index < -0.39 is 16.7 Å². The highest BCUT2D eigenvalue weighted by molar-refractivity contribution is 7.84. The van der Waals surface area contributed by atoms with Crippen LogP contribution >= 0.6 is 0 Å². The van der Waals surface area contributed by atoms with Gasteiger partial charge >= 0.3 is 0 Å². The molecule has 1 heterocycles. The van der Waals surface area contributed by atoms with Crippen molar-refractivity contribution in [1.29, 1.82) is 0 Å². The number of hydrogen-bond acceptors (Lipinski definition) is 4. The molecule has 2 aromatic carbocycles. The average molecular weight is 341 g/mol. The molecule has 122 valence electrons. The van der Waals surface area contributed by atoms with E-state index in [0.717, 1.165) is 0 Å². The topological polar surface area (TPSA) is 68.5 Å². The van der Waals surface area contributed by atoms with Crippen molar-refractivity contribution in [3.05, 3.63) is 72.5 Å². The lowest BCUT2D eigenvalue weighted by atomic mass is 10.3. The van der Waals surface area contributed by atoms with Gasteiger partial charge in [-0.2, -0.15) is 0 Å². The van der Waals surface area contributed by atoms with Crippen molar-refractivity contribution >= 4 is 22.4 Å². The molecule has 1 aromatic heterocycles. The Balaban J connectivity index is 1.70. The molecule has 3 aromatic rings. The summed E-state index contributed by atoms with van der Waals surface area (Å²) < 4.78 is 22.4. The summed E-state index contributed by atoms with van der Waals surface area (Å²) in [5.74, 6) is 0.576. The zero-order valence-electron chi connectivity index (χ0n) is 12.9. The maximum absolute atomic E-state index is 12.2. The summed E-state index contributed by atoms with van der Waals surface area (Å²) in [7, 11) is -1.11. The van der Waals surface area contributed by atoms with Gasteiger partial charge in [0.1, 0.15) is 5.75 Å². The van der Waals surface area contributed by atoms with E-state index in [1.807, 2.05) is 18.2 Å². The Morgan fingerprint density at radius 3 is 2.58 bits per heavy atom. The van der Waals surface area contributed by atoms with Crippen LogP contribution in [0.25, 0.3) is 0 Å². The highest BCUT2D eigenvalue weighted by Crippen LogP contribution is 2.24. The third kappa shape index (κ3) is 3.91. The summed E-state index contributed by atoms with van der Waals surface area (Å²) in [5, 5.41) is 2.71. The fourth-order valence-electron chi connectivity index (χ4n) is 2.05. The van der Waals surface area contributed by atoms with Gasteiger partial charge in [-0.3, -0.25) is 9.00 Å². The summed E-state index contributed by atoms with van der Waals surface area (Å²) in [6, 6.07) is 19.1. The first-order chi connectivity index (χ1) is 11.6. The van der Waals surface area contributed by atoms with Crippen molar-refractivity contribution in [2.45, 2.75) is 4.90 Å². The van der Waals surface area contributed by atoms with Gasteiger partial charge in [0.15, 0.2) is 5.76 Å². The Hall–Kier alpha value is -2.86. The number of rotatable bonds is 5. The molecule has 0 unspecified atom stereocenters. The smallest absolute Gasteiger partial charge is 0.291 e. The number of nitrogens with one attached hydrogen (secondary N) is 1. The molecule has 1 N–H and O–H groups in total. The first-order valence-electron chi connectivity index (χ1n) is 7.19. The third-order valence-corrected chi connectivity index (χ3v) is 4.11. The van der Waals surface area contributed by atoms with E-state index in [-0.39, 0.29) is 11.7 Å². The molecule has 0 bridgehead atoms. The van der Waals surface area contributed by atoms with E-state index in [0.29, 0.717) is 16.3 Å². The highest BCUT2D eigenvalue weighted by Gasteiger charge is 2.13. The summed E-state index contributed by atoms with van der Waals surface area (Å²) in [6.45, 7) is 0. The van der Waals surface area contributed by atoms with Gasteiger partial charge in [-0.05, 0) is 36.4 Å². The van der Waals surface area contributed by atoms with Crippen LogP contribution in [0, 0.1) is 0 Å². The monoisotopic (exact) mass is 341 g/mol. The van der Waals surface area contributed by atoms with Crippen molar-refractivity contribution in [3.8, 4) is 11.7 Å². The van der Waals surface area contributed by atoms with Gasteiger partial charge in [-0.15, -0.1) is 0 Å². The van der Waals surface area contributed by atoms with E-state index in [1.54, 1.807) is 48.7 Å². The second-order valence-corrected chi connectivity index (χ2v) is 6.35. The molecular weight excluding hydrogens is 326 g/mol. The maximum Gasteiger partial charge on any atom is 0.291 e. The molecule has 0 saturated carbocycles. The van der Waals surface area contributed by atoms with Crippen LogP contribution in [0.15, 0.2) is 76.0 Å². The minimum Gasteiger partial charge on any atom is -0.426 e. The summed E-state index contributed by atoms with van der Waals surface area (Å²) in [5.41, 5.74) is 0.551. The van der Waals surface area contributed by atoms with E-state index in [1.165, 1.54) is 6.07 Å². The minimum absolute atomic E-state index is 0.129. The van der Waals surface area contributed by atoms with Crippen molar-refractivity contribution in [3.63, 3.8) is 0 Å². The van der Waals surface area contributed by atoms with E-state index in [4.69, 9.17) is 9.15 Å². The first kappa shape index (κ1) is 16.0. The number of amides is 1. The Bertz CT molecular complexity index is 873. The maximum atomic E-state index is 12.2. The van der Waals surface area contributed by atoms with Crippen LogP contribution in [0.2, 0.25) is 0 Å². The Morgan fingerprint density at radius 1 is 1.04 bits per heavy atom. The molecule has 0 aliphatic rings. The minimum atomic E-state index is -1.11. The Morgan fingerprint density at radius 2 is 1.83 bits per heavy atom. The standard InChI is InChI=1S/C18H15NO4S/c1-24(21)15-9-5-6-13(12-15)19-18(20)16-10-11-17(23-16)22-14-7-3-2-4-8-14/h2-12H,1H3,(H,19,20)/t24-/m0/s1. The molecule has 0 saturated heterocycles. The fourth-order valence-corrected chi connectivity index (χ4v) is 2.61. The van der Waals surface area contributed by atoms with E-state index in [9.17, 15) is 9.00 Å². The van der Waals surface area contributed by atoms with Crippen molar-refractivity contribution < 1.29 is 18.2 Å². The number of ether oxygens (including phenoxy) is 1. The number of para-hydroxylation sites is 1. The molecule has 3 rings (SSSR count). The number of carbonyl (C=O) groups is 1. The van der Waals surface area contributed by atoms with Crippen LogP contribution in [-0.2, 0) is 10.8 Å². The number of anilines is 1. The zero-order chi connectivity index (χ0) is 16.9. The quantitative estimate of drug-likeness (QED) is 0.760. The molecule has 5 nitrogen and oxygen atoms in total. The van der Waals surface area contributed by atoms with Crippen LogP contribution in [0.1, 0.15) is 10.6 Å². The number of hydrogen-bond donors (Lipinski definition) is 1. The van der Waals surface area contributed by atoms with Crippen LogP contribution in [0.5, 0.6) is 11.7 Å². The first-order valence-corrected chi connectivity index (χ1v) is 8.75. The largest absolute Gasteiger partial charge is 0.426 e. The van der Waals surface area contributed by atoms with Gasteiger partial charge in [0.05, 0.1) is 0 Å². The molecule has 0 aliphatic heterocycles. The van der Waals surface area contributed by atoms with E-state index >= 15 is 0 Å². The molecule has 0 radical (unpaired) electrons. The van der Waals surface area contributed by atoms with E-state index in [2.05, 4.69) is 5.32 Å². The van der Waals surface area contributed by atoms with Gasteiger partial charge < -0.3 is 14.5 Å². The summed E-state index contributed by atoms with van der Waals surface area (Å²) in [6.07, 6.45) is 1.58. The SMILES string of the molecule is C[S@](=O)c1cccc(NC(=O)c2ccc(Oc3ccccc3)o2)c1. The van der Waals surface area contributed by atoms with Crippen molar-refractivity contribution in [1.82, 2.24) is 0 Å². The zero-order valence-corrected chi connectivity index (χ0v) is 13.7. The molecular formula is C18H15NO4S. The Labute approximate surface area is 141 Å². The predicted molar refractivity (Wildman–Crippen MR) is 92.0 cm³/mol. The van der Waals surface area contributed by atoms with Gasteiger partial charge in [-0.1, -0.05) is 24.3 Å². The van der Waals surface area contributed by atoms with Crippen LogP contribution in [-0.4, -0.2) is 16.4 Å². The normalized spacial score (nSPS) is 11.7. The van der Waals surface area contributed by atoms with Crippen molar-refractivity contribution in [2.24, 2.45) is 0 Å². The molecule has 0 spiro atoms. The predicted octanol–water partition coefficient (Wildman–Crippen LogP) is 4.06. The molecule has 1 amide bonds. The summed E-state index contributed by atoms with van der Waals surface area (Å²) >= 11 is 0.